The Balaban J connectivity index is 1.49. The van der Waals surface area contributed by atoms with E-state index in [9.17, 15) is 4.79 Å². The Morgan fingerprint density at radius 3 is 2.70 bits per heavy atom. The number of Topliss-reactive ketones (excluding diaryl/α,β-unsaturated/α-hetero) is 1. The first-order valence-corrected chi connectivity index (χ1v) is 11.4. The summed E-state index contributed by atoms with van der Waals surface area (Å²) in [7, 11) is 0. The summed E-state index contributed by atoms with van der Waals surface area (Å²) in [6.45, 7) is 3.68. The third-order valence-electron chi connectivity index (χ3n) is 5.92. The molecule has 33 heavy (non-hydrogen) atoms. The van der Waals surface area contributed by atoms with E-state index in [2.05, 4.69) is 56.3 Å². The summed E-state index contributed by atoms with van der Waals surface area (Å²) < 4.78 is 0. The number of H-pyrrole nitrogens is 2. The van der Waals surface area contributed by atoms with Gasteiger partial charge in [0.15, 0.2) is 5.78 Å². The van der Waals surface area contributed by atoms with Gasteiger partial charge in [-0.2, -0.15) is 5.10 Å². The summed E-state index contributed by atoms with van der Waals surface area (Å²) in [4.78, 5) is 25.8. The van der Waals surface area contributed by atoms with Gasteiger partial charge in [0, 0.05) is 45.4 Å². The van der Waals surface area contributed by atoms with Crippen LogP contribution in [-0.4, -0.2) is 30.9 Å². The summed E-state index contributed by atoms with van der Waals surface area (Å²) in [5.74, 6) is 0.0777. The van der Waals surface area contributed by atoms with E-state index in [1.54, 1.807) is 13.1 Å². The summed E-state index contributed by atoms with van der Waals surface area (Å²) in [6.07, 6.45) is 5.49. The van der Waals surface area contributed by atoms with E-state index in [0.717, 1.165) is 59.8 Å². The molecule has 2 N–H and O–H groups in total. The molecule has 0 amide bonds. The van der Waals surface area contributed by atoms with Crippen LogP contribution in [0.4, 0.5) is 0 Å². The smallest absolute Gasteiger partial charge is 0.169 e. The van der Waals surface area contributed by atoms with Crippen LogP contribution in [0.2, 0.25) is 0 Å². The number of benzene rings is 1. The fourth-order valence-electron chi connectivity index (χ4n) is 4.19. The highest BCUT2D eigenvalue weighted by Gasteiger charge is 2.16. The van der Waals surface area contributed by atoms with Crippen molar-refractivity contribution < 1.29 is 4.79 Å². The van der Waals surface area contributed by atoms with Crippen molar-refractivity contribution in [2.45, 2.75) is 13.8 Å². The normalized spacial score (nSPS) is 11.5. The van der Waals surface area contributed by atoms with Crippen LogP contribution >= 0.6 is 11.3 Å². The SMILES string of the molecule is CC(=O)c1ccc(-c2ccnc3[nH]c(-c4n[nH]c5ccc(-c6cnccc6C)cc45)cc23)s1. The number of rotatable bonds is 4. The number of hydrogen-bond donors (Lipinski definition) is 2. The first-order chi connectivity index (χ1) is 16.1. The molecule has 0 radical (unpaired) electrons. The van der Waals surface area contributed by atoms with Gasteiger partial charge in [-0.05, 0) is 67.4 Å². The number of nitrogens with zero attached hydrogens (tertiary/aromatic N) is 3. The highest BCUT2D eigenvalue weighted by atomic mass is 32.1. The Bertz CT molecular complexity index is 1670. The van der Waals surface area contributed by atoms with E-state index >= 15 is 0 Å². The maximum absolute atomic E-state index is 11.8. The third kappa shape index (κ3) is 3.25. The third-order valence-corrected chi connectivity index (χ3v) is 7.14. The van der Waals surface area contributed by atoms with Gasteiger partial charge in [-0.1, -0.05) is 6.07 Å². The lowest BCUT2D eigenvalue weighted by atomic mass is 10.0. The molecule has 6 nitrogen and oxygen atoms in total. The Morgan fingerprint density at radius 1 is 0.970 bits per heavy atom. The molecule has 0 aliphatic carbocycles. The molecular formula is C26H19N5OS. The largest absolute Gasteiger partial charge is 0.338 e. The first kappa shape index (κ1) is 19.6. The van der Waals surface area contributed by atoms with Crippen molar-refractivity contribution >= 4 is 39.1 Å². The van der Waals surface area contributed by atoms with Gasteiger partial charge in [0.1, 0.15) is 11.3 Å². The minimum absolute atomic E-state index is 0.0777. The highest BCUT2D eigenvalue weighted by Crippen LogP contribution is 2.37. The molecule has 0 saturated heterocycles. The van der Waals surface area contributed by atoms with Crippen molar-refractivity contribution in [3.63, 3.8) is 0 Å². The maximum atomic E-state index is 11.8. The van der Waals surface area contributed by atoms with Crippen LogP contribution in [0.3, 0.4) is 0 Å². The number of aromatic nitrogens is 5. The quantitative estimate of drug-likeness (QED) is 0.305. The molecule has 7 heteroatoms. The van der Waals surface area contributed by atoms with Gasteiger partial charge >= 0.3 is 0 Å². The van der Waals surface area contributed by atoms with E-state index in [4.69, 9.17) is 0 Å². The molecule has 6 rings (SSSR count). The number of thiophene rings is 1. The van der Waals surface area contributed by atoms with E-state index in [1.807, 2.05) is 36.7 Å². The van der Waals surface area contributed by atoms with E-state index in [1.165, 1.54) is 16.9 Å². The fraction of sp³-hybridized carbons (Fsp3) is 0.0769. The lowest BCUT2D eigenvalue weighted by Crippen LogP contribution is -1.85. The lowest BCUT2D eigenvalue weighted by Gasteiger charge is -2.05. The second-order valence-electron chi connectivity index (χ2n) is 8.05. The van der Waals surface area contributed by atoms with Crippen LogP contribution in [0, 0.1) is 6.92 Å². The molecule has 0 bridgehead atoms. The second kappa shape index (κ2) is 7.50. The predicted octanol–water partition coefficient (Wildman–Crippen LogP) is 6.41. The van der Waals surface area contributed by atoms with Crippen molar-refractivity contribution in [1.29, 1.82) is 0 Å². The number of fused-ring (bicyclic) bond motifs is 2. The van der Waals surface area contributed by atoms with Crippen LogP contribution in [0.15, 0.2) is 67.1 Å². The summed E-state index contributed by atoms with van der Waals surface area (Å²) in [5.41, 5.74) is 7.91. The molecule has 5 aromatic heterocycles. The van der Waals surface area contributed by atoms with Gasteiger partial charge in [0.2, 0.25) is 0 Å². The highest BCUT2D eigenvalue weighted by molar-refractivity contribution is 7.17. The number of aromatic amines is 2. The molecule has 6 aromatic rings. The predicted molar refractivity (Wildman–Crippen MR) is 132 cm³/mol. The number of ketones is 1. The molecule has 0 saturated carbocycles. The number of pyridine rings is 2. The molecule has 0 fully saturated rings. The molecule has 0 aliphatic heterocycles. The van der Waals surface area contributed by atoms with Crippen molar-refractivity contribution in [3.05, 3.63) is 77.6 Å². The van der Waals surface area contributed by atoms with Crippen molar-refractivity contribution in [3.8, 4) is 33.0 Å². The number of nitrogens with one attached hydrogen (secondary N) is 2. The minimum atomic E-state index is 0.0777. The van der Waals surface area contributed by atoms with Crippen molar-refractivity contribution in [2.24, 2.45) is 0 Å². The van der Waals surface area contributed by atoms with Gasteiger partial charge in [0.05, 0.1) is 16.1 Å². The Hall–Kier alpha value is -4.10. The molecule has 1 aromatic carbocycles. The minimum Gasteiger partial charge on any atom is -0.338 e. The Kier molecular flexibility index (Phi) is 4.45. The van der Waals surface area contributed by atoms with E-state index in [-0.39, 0.29) is 5.78 Å². The van der Waals surface area contributed by atoms with Crippen LogP contribution in [0.25, 0.3) is 54.9 Å². The molecule has 5 heterocycles. The zero-order chi connectivity index (χ0) is 22.5. The van der Waals surface area contributed by atoms with Crippen LogP contribution in [-0.2, 0) is 0 Å². The maximum Gasteiger partial charge on any atom is 0.169 e. The van der Waals surface area contributed by atoms with Crippen LogP contribution in [0.5, 0.6) is 0 Å². The zero-order valence-corrected chi connectivity index (χ0v) is 18.8. The molecule has 0 aliphatic rings. The lowest BCUT2D eigenvalue weighted by molar-refractivity contribution is 0.102. The Labute approximate surface area is 193 Å². The molecule has 0 spiro atoms. The summed E-state index contributed by atoms with van der Waals surface area (Å²) >= 11 is 1.50. The molecule has 160 valence electrons. The standard InChI is InChI=1S/C26H19N5OS/c1-14-7-9-27-13-20(14)16-3-4-21-19(11-16)25(31-30-21)22-12-18-17(8-10-28-26(18)29-22)24-6-5-23(33-24)15(2)32/h3-13H,1-2H3,(H,28,29)(H,30,31). The fourth-order valence-corrected chi connectivity index (χ4v) is 5.14. The number of carbonyl (C=O) groups is 1. The van der Waals surface area contributed by atoms with Crippen molar-refractivity contribution in [1.82, 2.24) is 25.1 Å². The molecule has 0 unspecified atom stereocenters. The van der Waals surface area contributed by atoms with Crippen molar-refractivity contribution in [2.75, 3.05) is 0 Å². The summed E-state index contributed by atoms with van der Waals surface area (Å²) in [6, 6.07) is 16.3. The van der Waals surface area contributed by atoms with Gasteiger partial charge in [-0.15, -0.1) is 11.3 Å². The average Bonchev–Trinajstić information content (AvgIpc) is 3.56. The monoisotopic (exact) mass is 449 g/mol. The molecule has 0 atom stereocenters. The van der Waals surface area contributed by atoms with Gasteiger partial charge in [-0.3, -0.25) is 14.9 Å². The second-order valence-corrected chi connectivity index (χ2v) is 9.13. The topological polar surface area (TPSA) is 87.3 Å². The Morgan fingerprint density at radius 2 is 1.88 bits per heavy atom. The van der Waals surface area contributed by atoms with Gasteiger partial charge in [0.25, 0.3) is 0 Å². The number of aryl methyl sites for hydroxylation is 1. The zero-order valence-electron chi connectivity index (χ0n) is 18.0. The van der Waals surface area contributed by atoms with E-state index in [0.29, 0.717) is 0 Å². The number of hydrogen-bond acceptors (Lipinski definition) is 5. The average molecular weight is 450 g/mol. The van der Waals surface area contributed by atoms with Gasteiger partial charge in [-0.25, -0.2) is 4.98 Å². The molecular weight excluding hydrogens is 430 g/mol. The number of carbonyl (C=O) groups excluding carboxylic acids is 1. The van der Waals surface area contributed by atoms with E-state index < -0.39 is 0 Å². The summed E-state index contributed by atoms with van der Waals surface area (Å²) in [5, 5.41) is 9.78. The first-order valence-electron chi connectivity index (χ1n) is 10.6. The van der Waals surface area contributed by atoms with Crippen LogP contribution in [0.1, 0.15) is 22.2 Å². The van der Waals surface area contributed by atoms with Gasteiger partial charge < -0.3 is 4.98 Å². The van der Waals surface area contributed by atoms with Crippen LogP contribution < -0.4 is 0 Å².